The lowest BCUT2D eigenvalue weighted by molar-refractivity contribution is -0.125. The van der Waals surface area contributed by atoms with Crippen LogP contribution >= 0.6 is 24.2 Å². The number of carbonyl (C=O) groups is 2. The number of hydrogen-bond donors (Lipinski definition) is 2. The molecule has 0 aliphatic heterocycles. The van der Waals surface area contributed by atoms with Crippen LogP contribution in [0.4, 0.5) is 0 Å². The molecule has 1 atom stereocenters. The molecule has 0 fully saturated rings. The Morgan fingerprint density at radius 2 is 2.09 bits per heavy atom. The topological polar surface area (TPSA) is 54.4 Å². The summed E-state index contributed by atoms with van der Waals surface area (Å²) in [6.45, 7) is 0.881. The SMILES string of the molecule is CC(=O)C(Cl)(CCO)C(=O)S. The monoisotopic (exact) mass is 196 g/mol. The highest BCUT2D eigenvalue weighted by Crippen LogP contribution is 2.23. The van der Waals surface area contributed by atoms with E-state index in [-0.39, 0.29) is 13.0 Å². The largest absolute Gasteiger partial charge is 0.396 e. The lowest BCUT2D eigenvalue weighted by atomic mass is 10.0. The van der Waals surface area contributed by atoms with Gasteiger partial charge in [0.15, 0.2) is 10.7 Å². The van der Waals surface area contributed by atoms with Crippen LogP contribution in [0.25, 0.3) is 0 Å². The molecule has 0 spiro atoms. The molecule has 0 aliphatic carbocycles. The van der Waals surface area contributed by atoms with Crippen molar-refractivity contribution in [3.63, 3.8) is 0 Å². The fourth-order valence-corrected chi connectivity index (χ4v) is 0.941. The highest BCUT2D eigenvalue weighted by Gasteiger charge is 2.38. The number of aliphatic hydroxyl groups excluding tert-OH is 1. The number of ketones is 1. The number of alkyl halides is 1. The highest BCUT2D eigenvalue weighted by molar-refractivity contribution is 7.97. The lowest BCUT2D eigenvalue weighted by Crippen LogP contribution is -2.37. The molecule has 64 valence electrons. The standard InChI is InChI=1S/C6H9ClO3S/c1-4(9)6(7,2-3-8)5(10)11/h8H,2-3H2,1H3,(H,10,11). The van der Waals surface area contributed by atoms with Crippen molar-refractivity contribution in [3.8, 4) is 0 Å². The molecule has 1 N–H and O–H groups in total. The predicted molar refractivity (Wildman–Crippen MR) is 45.0 cm³/mol. The van der Waals surface area contributed by atoms with Crippen LogP contribution in [0.1, 0.15) is 13.3 Å². The molecule has 0 rings (SSSR count). The van der Waals surface area contributed by atoms with Gasteiger partial charge in [-0.05, 0) is 6.92 Å². The van der Waals surface area contributed by atoms with E-state index in [0.717, 1.165) is 0 Å². The Morgan fingerprint density at radius 3 is 2.18 bits per heavy atom. The fraction of sp³-hybridized carbons (Fsp3) is 0.667. The van der Waals surface area contributed by atoms with Gasteiger partial charge in [0.2, 0.25) is 5.12 Å². The molecule has 0 saturated heterocycles. The summed E-state index contributed by atoms with van der Waals surface area (Å²) in [6.07, 6.45) is -0.0910. The minimum Gasteiger partial charge on any atom is -0.396 e. The van der Waals surface area contributed by atoms with E-state index in [2.05, 4.69) is 12.6 Å². The van der Waals surface area contributed by atoms with Crippen molar-refractivity contribution >= 4 is 35.1 Å². The number of Topliss-reactive ketones (excluding diaryl/α,β-unsaturated/α-hetero) is 1. The molecule has 1 unspecified atom stereocenters. The van der Waals surface area contributed by atoms with E-state index in [1.807, 2.05) is 0 Å². The van der Waals surface area contributed by atoms with Crippen LogP contribution in [0, 0.1) is 0 Å². The average molecular weight is 197 g/mol. The normalized spacial score (nSPS) is 15.6. The number of aliphatic hydroxyl groups is 1. The van der Waals surface area contributed by atoms with Gasteiger partial charge in [-0.25, -0.2) is 0 Å². The first-order valence-corrected chi connectivity index (χ1v) is 3.82. The highest BCUT2D eigenvalue weighted by atomic mass is 35.5. The Bertz CT molecular complexity index is 167. The molecular weight excluding hydrogens is 188 g/mol. The molecule has 0 heterocycles. The molecule has 0 aromatic rings. The quantitative estimate of drug-likeness (QED) is 0.389. The van der Waals surface area contributed by atoms with Gasteiger partial charge in [-0.2, -0.15) is 0 Å². The molecule has 0 saturated carbocycles. The molecular formula is C6H9ClO3S. The third-order valence-electron chi connectivity index (χ3n) is 1.35. The summed E-state index contributed by atoms with van der Waals surface area (Å²) in [4.78, 5) is 19.8. The summed E-state index contributed by atoms with van der Waals surface area (Å²) >= 11 is 9.02. The van der Waals surface area contributed by atoms with Crippen molar-refractivity contribution in [3.05, 3.63) is 0 Å². The van der Waals surface area contributed by atoms with E-state index in [1.54, 1.807) is 0 Å². The number of thiol groups is 1. The first-order valence-electron chi connectivity index (χ1n) is 2.99. The average Bonchev–Trinajstić information content (AvgIpc) is 1.87. The van der Waals surface area contributed by atoms with Gasteiger partial charge in [0.1, 0.15) is 0 Å². The molecule has 0 aromatic heterocycles. The second-order valence-electron chi connectivity index (χ2n) is 2.14. The van der Waals surface area contributed by atoms with Crippen LogP contribution in [0.3, 0.4) is 0 Å². The summed E-state index contributed by atoms with van der Waals surface area (Å²) in [6, 6.07) is 0. The molecule has 0 bridgehead atoms. The fourth-order valence-electron chi connectivity index (χ4n) is 0.588. The van der Waals surface area contributed by atoms with E-state index < -0.39 is 15.8 Å². The Hall–Kier alpha value is -0.0600. The zero-order valence-electron chi connectivity index (χ0n) is 6.00. The third kappa shape index (κ3) is 2.47. The number of hydrogen-bond acceptors (Lipinski definition) is 3. The van der Waals surface area contributed by atoms with Crippen LogP contribution in [-0.4, -0.2) is 27.5 Å². The first kappa shape index (κ1) is 10.9. The van der Waals surface area contributed by atoms with Gasteiger partial charge >= 0.3 is 0 Å². The zero-order chi connectivity index (χ0) is 9.07. The zero-order valence-corrected chi connectivity index (χ0v) is 7.65. The Morgan fingerprint density at radius 1 is 1.64 bits per heavy atom. The number of carbonyl (C=O) groups excluding carboxylic acids is 2. The summed E-state index contributed by atoms with van der Waals surface area (Å²) in [5.74, 6) is -0.492. The van der Waals surface area contributed by atoms with Gasteiger partial charge < -0.3 is 5.11 Å². The molecule has 0 radical (unpaired) electrons. The summed E-state index contributed by atoms with van der Waals surface area (Å²) < 4.78 is 0. The minimum atomic E-state index is -1.64. The number of halogens is 1. The van der Waals surface area contributed by atoms with Crippen molar-refractivity contribution in [2.24, 2.45) is 0 Å². The predicted octanol–water partition coefficient (Wildman–Crippen LogP) is 0.392. The van der Waals surface area contributed by atoms with Gasteiger partial charge in [0.05, 0.1) is 0 Å². The van der Waals surface area contributed by atoms with Gasteiger partial charge in [-0.1, -0.05) is 0 Å². The molecule has 3 nitrogen and oxygen atoms in total. The van der Waals surface area contributed by atoms with Gasteiger partial charge in [0, 0.05) is 13.0 Å². The van der Waals surface area contributed by atoms with Crippen LogP contribution in [0.15, 0.2) is 0 Å². The molecule has 0 aromatic carbocycles. The van der Waals surface area contributed by atoms with Gasteiger partial charge in [0.25, 0.3) is 0 Å². The van der Waals surface area contributed by atoms with E-state index in [9.17, 15) is 9.59 Å². The van der Waals surface area contributed by atoms with Crippen LogP contribution < -0.4 is 0 Å². The lowest BCUT2D eigenvalue weighted by Gasteiger charge is -2.17. The van der Waals surface area contributed by atoms with Crippen LogP contribution in [-0.2, 0) is 9.59 Å². The number of rotatable bonds is 4. The van der Waals surface area contributed by atoms with E-state index in [0.29, 0.717) is 0 Å². The third-order valence-corrected chi connectivity index (χ3v) is 2.49. The maximum Gasteiger partial charge on any atom is 0.214 e. The molecule has 0 aliphatic rings. The maximum atomic E-state index is 10.8. The van der Waals surface area contributed by atoms with Gasteiger partial charge in [-0.3, -0.25) is 9.59 Å². The van der Waals surface area contributed by atoms with Crippen molar-refractivity contribution in [1.82, 2.24) is 0 Å². The van der Waals surface area contributed by atoms with Crippen molar-refractivity contribution < 1.29 is 14.7 Å². The smallest absolute Gasteiger partial charge is 0.214 e. The van der Waals surface area contributed by atoms with Crippen molar-refractivity contribution in [1.29, 1.82) is 0 Å². The Balaban J connectivity index is 4.52. The Labute approximate surface area is 75.1 Å². The second-order valence-corrected chi connectivity index (χ2v) is 3.19. The summed E-state index contributed by atoms with van der Waals surface area (Å²) in [7, 11) is 0. The molecule has 5 heteroatoms. The second kappa shape index (κ2) is 4.09. The molecule has 11 heavy (non-hydrogen) atoms. The van der Waals surface area contributed by atoms with Crippen molar-refractivity contribution in [2.45, 2.75) is 18.2 Å². The maximum absolute atomic E-state index is 10.8. The van der Waals surface area contributed by atoms with Gasteiger partial charge in [-0.15, -0.1) is 24.2 Å². The van der Waals surface area contributed by atoms with E-state index >= 15 is 0 Å². The molecule has 0 amide bonds. The first-order chi connectivity index (χ1) is 4.95. The van der Waals surface area contributed by atoms with E-state index in [1.165, 1.54) is 6.92 Å². The van der Waals surface area contributed by atoms with Crippen LogP contribution in [0.5, 0.6) is 0 Å². The summed E-state index contributed by atoms with van der Waals surface area (Å²) in [5, 5.41) is 7.76. The minimum absolute atomic E-state index is 0.0910. The van der Waals surface area contributed by atoms with E-state index in [4.69, 9.17) is 16.7 Å². The van der Waals surface area contributed by atoms with Crippen molar-refractivity contribution in [2.75, 3.05) is 6.61 Å². The summed E-state index contributed by atoms with van der Waals surface area (Å²) in [5.41, 5.74) is 0. The van der Waals surface area contributed by atoms with Crippen LogP contribution in [0.2, 0.25) is 0 Å². The Kier molecular flexibility index (Phi) is 4.07.